The summed E-state index contributed by atoms with van der Waals surface area (Å²) in [5, 5.41) is 3.30. The normalized spacial score (nSPS) is 13.9. The van der Waals surface area contributed by atoms with Crippen molar-refractivity contribution in [2.75, 3.05) is 31.5 Å². The molecule has 1 fully saturated rings. The van der Waals surface area contributed by atoms with Crippen LogP contribution in [0.4, 0.5) is 5.69 Å². The fourth-order valence-electron chi connectivity index (χ4n) is 3.30. The van der Waals surface area contributed by atoms with Crippen molar-refractivity contribution in [3.05, 3.63) is 84.1 Å². The van der Waals surface area contributed by atoms with Gasteiger partial charge >= 0.3 is 0 Å². The summed E-state index contributed by atoms with van der Waals surface area (Å²) in [7, 11) is 0. The van der Waals surface area contributed by atoms with Gasteiger partial charge in [-0.25, -0.2) is 0 Å². The van der Waals surface area contributed by atoms with Gasteiger partial charge in [-0.15, -0.1) is 0 Å². The summed E-state index contributed by atoms with van der Waals surface area (Å²) in [5.74, 6) is 0.105. The maximum Gasteiger partial charge on any atom is 0.289 e. The molecule has 2 amide bonds. The number of furan rings is 1. The largest absolute Gasteiger partial charge is 0.459 e. The number of piperazine rings is 1. The van der Waals surface area contributed by atoms with Crippen molar-refractivity contribution in [1.29, 1.82) is 0 Å². The predicted molar refractivity (Wildman–Crippen MR) is 109 cm³/mol. The Morgan fingerprint density at radius 1 is 0.931 bits per heavy atom. The second kappa shape index (κ2) is 8.60. The van der Waals surface area contributed by atoms with Gasteiger partial charge in [0.05, 0.1) is 17.5 Å². The van der Waals surface area contributed by atoms with Crippen LogP contribution < -0.4 is 5.32 Å². The molecule has 148 valence electrons. The summed E-state index contributed by atoms with van der Waals surface area (Å²) in [4.78, 5) is 32.9. The summed E-state index contributed by atoms with van der Waals surface area (Å²) >= 11 is 0. The summed E-state index contributed by atoms with van der Waals surface area (Å²) in [6.07, 6.45) is 4.77. The van der Waals surface area contributed by atoms with Crippen LogP contribution in [-0.4, -0.2) is 52.8 Å². The Morgan fingerprint density at radius 2 is 1.66 bits per heavy atom. The van der Waals surface area contributed by atoms with E-state index in [0.29, 0.717) is 44.0 Å². The highest BCUT2D eigenvalue weighted by molar-refractivity contribution is 5.95. The van der Waals surface area contributed by atoms with Crippen LogP contribution in [0.5, 0.6) is 0 Å². The second-order valence-corrected chi connectivity index (χ2v) is 6.86. The Hall–Kier alpha value is -3.61. The van der Waals surface area contributed by atoms with E-state index in [1.807, 2.05) is 36.4 Å². The fourth-order valence-corrected chi connectivity index (χ4v) is 3.30. The van der Waals surface area contributed by atoms with Gasteiger partial charge < -0.3 is 19.5 Å². The quantitative estimate of drug-likeness (QED) is 0.725. The first-order valence-corrected chi connectivity index (χ1v) is 9.55. The van der Waals surface area contributed by atoms with E-state index < -0.39 is 0 Å². The van der Waals surface area contributed by atoms with E-state index in [9.17, 15) is 9.59 Å². The third-order valence-corrected chi connectivity index (χ3v) is 4.91. The van der Waals surface area contributed by atoms with Gasteiger partial charge in [0.2, 0.25) is 0 Å². The number of hydrogen-bond acceptors (Lipinski definition) is 5. The number of aromatic nitrogens is 1. The maximum absolute atomic E-state index is 12.9. The van der Waals surface area contributed by atoms with E-state index in [1.165, 1.54) is 6.26 Å². The molecule has 1 N–H and O–H groups in total. The molecule has 0 unspecified atom stereocenters. The lowest BCUT2D eigenvalue weighted by Crippen LogP contribution is -2.50. The molecule has 3 aromatic rings. The van der Waals surface area contributed by atoms with E-state index in [0.717, 1.165) is 11.3 Å². The van der Waals surface area contributed by atoms with Crippen LogP contribution in [0, 0.1) is 0 Å². The van der Waals surface area contributed by atoms with E-state index in [4.69, 9.17) is 4.42 Å². The third kappa shape index (κ3) is 4.45. The van der Waals surface area contributed by atoms with Crippen LogP contribution in [-0.2, 0) is 6.54 Å². The number of pyridine rings is 1. The molecule has 1 aromatic carbocycles. The Morgan fingerprint density at radius 3 is 2.34 bits per heavy atom. The van der Waals surface area contributed by atoms with E-state index in [2.05, 4.69) is 10.3 Å². The molecule has 0 spiro atoms. The number of amides is 2. The predicted octanol–water partition coefficient (Wildman–Crippen LogP) is 2.88. The molecular weight excluding hydrogens is 368 g/mol. The van der Waals surface area contributed by atoms with Gasteiger partial charge in [-0.2, -0.15) is 0 Å². The highest BCUT2D eigenvalue weighted by atomic mass is 16.3. The number of carbonyl (C=O) groups excluding carboxylic acids is 2. The molecule has 29 heavy (non-hydrogen) atoms. The van der Waals surface area contributed by atoms with Crippen LogP contribution in [0.3, 0.4) is 0 Å². The third-order valence-electron chi connectivity index (χ3n) is 4.91. The smallest absolute Gasteiger partial charge is 0.289 e. The average molecular weight is 390 g/mol. The van der Waals surface area contributed by atoms with Crippen LogP contribution in [0.2, 0.25) is 0 Å². The summed E-state index contributed by atoms with van der Waals surface area (Å²) in [5.41, 5.74) is 2.49. The molecule has 0 radical (unpaired) electrons. The van der Waals surface area contributed by atoms with E-state index >= 15 is 0 Å². The number of nitrogens with one attached hydrogen (secondary N) is 1. The Labute approximate surface area is 169 Å². The highest BCUT2D eigenvalue weighted by Gasteiger charge is 2.26. The lowest BCUT2D eigenvalue weighted by molar-refractivity contribution is 0.0518. The molecule has 7 nitrogen and oxygen atoms in total. The molecule has 7 heteroatoms. The zero-order chi connectivity index (χ0) is 20.1. The van der Waals surface area contributed by atoms with Crippen molar-refractivity contribution in [3.8, 4) is 0 Å². The van der Waals surface area contributed by atoms with Gasteiger partial charge in [-0.05, 0) is 23.8 Å². The summed E-state index contributed by atoms with van der Waals surface area (Å²) in [6.45, 7) is 2.57. The first-order valence-electron chi connectivity index (χ1n) is 9.55. The number of benzene rings is 1. The van der Waals surface area contributed by atoms with Gasteiger partial charge in [0.25, 0.3) is 11.8 Å². The van der Waals surface area contributed by atoms with Crippen molar-refractivity contribution in [2.45, 2.75) is 6.54 Å². The summed E-state index contributed by atoms with van der Waals surface area (Å²) < 4.78 is 5.17. The van der Waals surface area contributed by atoms with Gasteiger partial charge in [-0.1, -0.05) is 30.3 Å². The Bertz CT molecular complexity index is 965. The van der Waals surface area contributed by atoms with Crippen LogP contribution in [0.25, 0.3) is 0 Å². The molecule has 1 aliphatic heterocycles. The zero-order valence-electron chi connectivity index (χ0n) is 16.0. The standard InChI is InChI=1S/C22H22N4O3/c27-21(25-8-10-26(11-9-25)22(28)20-7-4-12-29-20)18-13-19(16-23-15-18)24-14-17-5-2-1-3-6-17/h1-7,12-13,15-16,24H,8-11,14H2. The molecule has 4 rings (SSSR count). The van der Waals surface area contributed by atoms with Gasteiger partial charge in [-0.3, -0.25) is 14.6 Å². The first-order chi connectivity index (χ1) is 14.2. The van der Waals surface area contributed by atoms with E-state index in [-0.39, 0.29) is 11.8 Å². The van der Waals surface area contributed by atoms with E-state index in [1.54, 1.807) is 34.3 Å². The van der Waals surface area contributed by atoms with Crippen LogP contribution in [0.15, 0.2) is 71.6 Å². The molecule has 0 aliphatic carbocycles. The first kappa shape index (κ1) is 18.7. The van der Waals surface area contributed by atoms with Crippen molar-refractivity contribution in [3.63, 3.8) is 0 Å². The maximum atomic E-state index is 12.9. The minimum atomic E-state index is -0.143. The zero-order valence-corrected chi connectivity index (χ0v) is 16.0. The lowest BCUT2D eigenvalue weighted by atomic mass is 10.2. The van der Waals surface area contributed by atoms with Crippen molar-refractivity contribution in [2.24, 2.45) is 0 Å². The SMILES string of the molecule is O=C(c1cncc(NCc2ccccc2)c1)N1CCN(C(=O)c2ccco2)CC1. The number of rotatable bonds is 5. The van der Waals surface area contributed by atoms with Crippen LogP contribution >= 0.6 is 0 Å². The average Bonchev–Trinajstić information content (AvgIpc) is 3.33. The molecule has 0 bridgehead atoms. The number of anilines is 1. The molecule has 0 atom stereocenters. The van der Waals surface area contributed by atoms with Crippen molar-refractivity contribution >= 4 is 17.5 Å². The Balaban J connectivity index is 1.34. The topological polar surface area (TPSA) is 78.7 Å². The minimum Gasteiger partial charge on any atom is -0.459 e. The molecule has 1 saturated heterocycles. The molecule has 2 aromatic heterocycles. The van der Waals surface area contributed by atoms with Gasteiger partial charge in [0, 0.05) is 45.1 Å². The lowest BCUT2D eigenvalue weighted by Gasteiger charge is -2.34. The number of hydrogen-bond donors (Lipinski definition) is 1. The van der Waals surface area contributed by atoms with Crippen molar-refractivity contribution in [1.82, 2.24) is 14.8 Å². The summed E-state index contributed by atoms with van der Waals surface area (Å²) in [6, 6.07) is 15.2. The van der Waals surface area contributed by atoms with Gasteiger partial charge in [0.15, 0.2) is 5.76 Å². The fraction of sp³-hybridized carbons (Fsp3) is 0.227. The highest BCUT2D eigenvalue weighted by Crippen LogP contribution is 2.15. The van der Waals surface area contributed by atoms with Crippen LogP contribution in [0.1, 0.15) is 26.5 Å². The van der Waals surface area contributed by atoms with Crippen molar-refractivity contribution < 1.29 is 14.0 Å². The molecule has 0 saturated carbocycles. The monoisotopic (exact) mass is 390 g/mol. The molecule has 1 aliphatic rings. The number of carbonyl (C=O) groups is 2. The molecular formula is C22H22N4O3. The van der Waals surface area contributed by atoms with Gasteiger partial charge in [0.1, 0.15) is 0 Å². The number of nitrogens with zero attached hydrogens (tertiary/aromatic N) is 3. The second-order valence-electron chi connectivity index (χ2n) is 6.86. The molecule has 3 heterocycles. The minimum absolute atomic E-state index is 0.0778. The Kier molecular flexibility index (Phi) is 5.56.